The van der Waals surface area contributed by atoms with Gasteiger partial charge in [-0.1, -0.05) is 37.3 Å². The van der Waals surface area contributed by atoms with E-state index in [9.17, 15) is 13.2 Å². The van der Waals surface area contributed by atoms with Gasteiger partial charge in [0.05, 0.1) is 6.54 Å². The number of hydrogen-bond acceptors (Lipinski definition) is 3. The van der Waals surface area contributed by atoms with Gasteiger partial charge in [-0.15, -0.1) is 0 Å². The Morgan fingerprint density at radius 2 is 1.83 bits per heavy atom. The molecule has 130 valence electrons. The predicted molar refractivity (Wildman–Crippen MR) is 96.3 cm³/mol. The zero-order valence-electron chi connectivity index (χ0n) is 14.1. The molecule has 1 N–H and O–H groups in total. The maximum atomic E-state index is 12.5. The van der Waals surface area contributed by atoms with Crippen molar-refractivity contribution in [3.63, 3.8) is 0 Å². The summed E-state index contributed by atoms with van der Waals surface area (Å²) in [6, 6.07) is 12.5. The largest absolute Gasteiger partial charge is 0.309 e. The lowest BCUT2D eigenvalue weighted by Gasteiger charge is -2.23. The molecule has 0 fully saturated rings. The molecule has 1 heterocycles. The van der Waals surface area contributed by atoms with E-state index in [0.29, 0.717) is 13.0 Å². The summed E-state index contributed by atoms with van der Waals surface area (Å²) in [5, 5.41) is 0. The zero-order chi connectivity index (χ0) is 17.7. The van der Waals surface area contributed by atoms with Crippen LogP contribution in [0.5, 0.6) is 0 Å². The quantitative estimate of drug-likeness (QED) is 0.834. The fourth-order valence-corrected chi connectivity index (χ4v) is 3.42. The first kappa shape index (κ1) is 18.2. The van der Waals surface area contributed by atoms with Crippen molar-refractivity contribution in [1.82, 2.24) is 8.87 Å². The molecular formula is C17H23N3O3S. The van der Waals surface area contributed by atoms with Crippen LogP contribution in [-0.4, -0.2) is 30.4 Å². The lowest BCUT2D eigenvalue weighted by molar-refractivity contribution is 0.383. The molecule has 1 atom stereocenters. The number of anilines is 1. The van der Waals surface area contributed by atoms with Gasteiger partial charge in [0.25, 0.3) is 5.56 Å². The minimum Gasteiger partial charge on any atom is -0.309 e. The third-order valence-electron chi connectivity index (χ3n) is 4.05. The molecule has 6 nitrogen and oxygen atoms in total. The Morgan fingerprint density at radius 3 is 2.46 bits per heavy atom. The third-order valence-corrected chi connectivity index (χ3v) is 5.64. The van der Waals surface area contributed by atoms with Crippen molar-refractivity contribution in [3.05, 3.63) is 64.6 Å². The van der Waals surface area contributed by atoms with Crippen LogP contribution in [0.15, 0.2) is 53.5 Å². The number of hydrogen-bond donors (Lipinski definition) is 1. The first-order valence-electron chi connectivity index (χ1n) is 7.84. The Bertz CT molecular complexity index is 832. The van der Waals surface area contributed by atoms with Crippen LogP contribution in [-0.2, 0) is 16.8 Å². The van der Waals surface area contributed by atoms with E-state index in [4.69, 9.17) is 0 Å². The standard InChI is InChI=1S/C17H23N3O3S/c1-4-14(2)19(3)24(22,23)18-16-11-8-12-20(17(16)21)13-15-9-6-5-7-10-15/h5-12,14,18H,4,13H2,1-3H3. The lowest BCUT2D eigenvalue weighted by Crippen LogP contribution is -2.40. The fraction of sp³-hybridized carbons (Fsp3) is 0.353. The van der Waals surface area contributed by atoms with Gasteiger partial charge in [-0.25, -0.2) is 0 Å². The maximum Gasteiger partial charge on any atom is 0.301 e. The van der Waals surface area contributed by atoms with Gasteiger partial charge >= 0.3 is 10.2 Å². The average molecular weight is 349 g/mol. The van der Waals surface area contributed by atoms with Crippen molar-refractivity contribution in [3.8, 4) is 0 Å². The Morgan fingerprint density at radius 1 is 1.17 bits per heavy atom. The second-order valence-electron chi connectivity index (χ2n) is 5.72. The topological polar surface area (TPSA) is 71.4 Å². The number of rotatable bonds is 7. The van der Waals surface area contributed by atoms with Gasteiger partial charge in [0.1, 0.15) is 5.69 Å². The van der Waals surface area contributed by atoms with Crippen LogP contribution >= 0.6 is 0 Å². The van der Waals surface area contributed by atoms with Gasteiger partial charge in [0, 0.05) is 19.3 Å². The smallest absolute Gasteiger partial charge is 0.301 e. The molecule has 0 bridgehead atoms. The summed E-state index contributed by atoms with van der Waals surface area (Å²) in [7, 11) is -2.26. The highest BCUT2D eigenvalue weighted by molar-refractivity contribution is 7.90. The molecule has 0 spiro atoms. The normalized spacial score (nSPS) is 13.0. The van der Waals surface area contributed by atoms with Crippen LogP contribution < -0.4 is 10.3 Å². The minimum absolute atomic E-state index is 0.0450. The molecule has 0 saturated heterocycles. The van der Waals surface area contributed by atoms with Gasteiger partial charge in [-0.2, -0.15) is 12.7 Å². The molecule has 7 heteroatoms. The number of nitrogens with one attached hydrogen (secondary N) is 1. The van der Waals surface area contributed by atoms with E-state index < -0.39 is 10.2 Å². The molecule has 1 aromatic carbocycles. The summed E-state index contributed by atoms with van der Waals surface area (Å²) >= 11 is 0. The summed E-state index contributed by atoms with van der Waals surface area (Å²) in [5.41, 5.74) is 0.641. The zero-order valence-corrected chi connectivity index (χ0v) is 15.0. The molecule has 24 heavy (non-hydrogen) atoms. The molecule has 0 radical (unpaired) electrons. The third kappa shape index (κ3) is 4.24. The maximum absolute atomic E-state index is 12.5. The van der Waals surface area contributed by atoms with Crippen LogP contribution in [0.1, 0.15) is 25.8 Å². The molecule has 0 aliphatic heterocycles. The molecular weight excluding hydrogens is 326 g/mol. The second-order valence-corrected chi connectivity index (χ2v) is 7.45. The number of aromatic nitrogens is 1. The SMILES string of the molecule is CCC(C)N(C)S(=O)(=O)Nc1cccn(Cc2ccccc2)c1=O. The molecule has 1 unspecified atom stereocenters. The number of nitrogens with zero attached hydrogens (tertiary/aromatic N) is 2. The highest BCUT2D eigenvalue weighted by Crippen LogP contribution is 2.11. The van der Waals surface area contributed by atoms with Crippen molar-refractivity contribution >= 4 is 15.9 Å². The Labute approximate surface area is 142 Å². The van der Waals surface area contributed by atoms with Crippen LogP contribution in [0.4, 0.5) is 5.69 Å². The summed E-state index contributed by atoms with van der Waals surface area (Å²) in [6.07, 6.45) is 2.33. The van der Waals surface area contributed by atoms with E-state index in [1.807, 2.05) is 44.2 Å². The summed E-state index contributed by atoms with van der Waals surface area (Å²) in [6.45, 7) is 4.11. The Balaban J connectivity index is 2.26. The van der Waals surface area contributed by atoms with Gasteiger partial charge in [-0.05, 0) is 31.0 Å². The molecule has 0 saturated carbocycles. The summed E-state index contributed by atoms with van der Waals surface area (Å²) in [5.74, 6) is 0. The van der Waals surface area contributed by atoms with E-state index in [1.165, 1.54) is 22.0 Å². The van der Waals surface area contributed by atoms with Gasteiger partial charge in [0.15, 0.2) is 0 Å². The Kier molecular flexibility index (Phi) is 5.80. The highest BCUT2D eigenvalue weighted by Gasteiger charge is 2.23. The van der Waals surface area contributed by atoms with Crippen LogP contribution in [0.3, 0.4) is 0 Å². The average Bonchev–Trinajstić information content (AvgIpc) is 2.58. The lowest BCUT2D eigenvalue weighted by atomic mass is 10.2. The minimum atomic E-state index is -3.77. The molecule has 0 aliphatic rings. The number of benzene rings is 1. The predicted octanol–water partition coefficient (Wildman–Crippen LogP) is 2.28. The van der Waals surface area contributed by atoms with Gasteiger partial charge in [0.2, 0.25) is 0 Å². The highest BCUT2D eigenvalue weighted by atomic mass is 32.2. The molecule has 2 rings (SSSR count). The summed E-state index contributed by atoms with van der Waals surface area (Å²) < 4.78 is 29.9. The fourth-order valence-electron chi connectivity index (χ4n) is 2.22. The van der Waals surface area contributed by atoms with Crippen molar-refractivity contribution in [2.24, 2.45) is 0 Å². The Hall–Kier alpha value is -2.12. The second kappa shape index (κ2) is 7.63. The van der Waals surface area contributed by atoms with Crippen LogP contribution in [0.2, 0.25) is 0 Å². The van der Waals surface area contributed by atoms with E-state index in [2.05, 4.69) is 4.72 Å². The monoisotopic (exact) mass is 349 g/mol. The van der Waals surface area contributed by atoms with Gasteiger partial charge < -0.3 is 4.57 Å². The first-order valence-corrected chi connectivity index (χ1v) is 9.28. The number of pyridine rings is 1. The van der Waals surface area contributed by atoms with E-state index in [0.717, 1.165) is 5.56 Å². The van der Waals surface area contributed by atoms with Crippen molar-refractivity contribution in [2.75, 3.05) is 11.8 Å². The molecule has 0 aliphatic carbocycles. The molecule has 0 amide bonds. The van der Waals surface area contributed by atoms with E-state index >= 15 is 0 Å². The van der Waals surface area contributed by atoms with E-state index in [1.54, 1.807) is 12.3 Å². The first-order chi connectivity index (χ1) is 11.3. The van der Waals surface area contributed by atoms with Crippen LogP contribution in [0, 0.1) is 0 Å². The van der Waals surface area contributed by atoms with Crippen molar-refractivity contribution in [1.29, 1.82) is 0 Å². The molecule has 1 aromatic heterocycles. The van der Waals surface area contributed by atoms with Crippen LogP contribution in [0.25, 0.3) is 0 Å². The van der Waals surface area contributed by atoms with E-state index in [-0.39, 0.29) is 17.3 Å². The molecule has 2 aromatic rings. The van der Waals surface area contributed by atoms with Crippen molar-refractivity contribution < 1.29 is 8.42 Å². The van der Waals surface area contributed by atoms with Crippen molar-refractivity contribution in [2.45, 2.75) is 32.9 Å². The van der Waals surface area contributed by atoms with Gasteiger partial charge in [-0.3, -0.25) is 9.52 Å². The summed E-state index contributed by atoms with van der Waals surface area (Å²) in [4.78, 5) is 12.5.